The van der Waals surface area contributed by atoms with Crippen LogP contribution in [0.4, 0.5) is 0 Å². The average molecular weight is 421 g/mol. The Labute approximate surface area is 174 Å². The van der Waals surface area contributed by atoms with Gasteiger partial charge < -0.3 is 29.5 Å². The second kappa shape index (κ2) is 8.22. The molecule has 156 valence electrons. The number of rotatable bonds is 5. The summed E-state index contributed by atoms with van der Waals surface area (Å²) in [5, 5.41) is 30.5. The molecule has 7 heteroatoms. The van der Waals surface area contributed by atoms with Crippen LogP contribution in [0.2, 0.25) is 5.02 Å². The van der Waals surface area contributed by atoms with Gasteiger partial charge in [0.15, 0.2) is 5.79 Å². The molecule has 3 N–H and O–H groups in total. The van der Waals surface area contributed by atoms with Gasteiger partial charge in [0.2, 0.25) is 0 Å². The predicted octanol–water partition coefficient (Wildman–Crippen LogP) is 2.52. The van der Waals surface area contributed by atoms with E-state index in [1.807, 2.05) is 43.3 Å². The molecular weight excluding hydrogens is 396 g/mol. The number of fused-ring (bicyclic) bond motifs is 2. The van der Waals surface area contributed by atoms with Crippen molar-refractivity contribution in [1.82, 2.24) is 0 Å². The van der Waals surface area contributed by atoms with E-state index in [0.29, 0.717) is 24.7 Å². The molecule has 2 aromatic carbocycles. The van der Waals surface area contributed by atoms with Crippen LogP contribution in [0.25, 0.3) is 0 Å². The Balaban J connectivity index is 1.63. The monoisotopic (exact) mass is 420 g/mol. The van der Waals surface area contributed by atoms with Crippen molar-refractivity contribution < 1.29 is 29.5 Å². The molecule has 6 nitrogen and oxygen atoms in total. The second-order valence-corrected chi connectivity index (χ2v) is 7.90. The molecule has 4 atom stereocenters. The number of ether oxygens (including phenoxy) is 3. The molecule has 2 heterocycles. The third-order valence-corrected chi connectivity index (χ3v) is 5.90. The van der Waals surface area contributed by atoms with Crippen LogP contribution in [0.5, 0.6) is 5.75 Å². The third kappa shape index (κ3) is 3.89. The minimum absolute atomic E-state index is 0.0851. The Hall–Kier alpha value is -1.67. The number of aliphatic hydroxyl groups is 3. The topological polar surface area (TPSA) is 88.4 Å². The summed E-state index contributed by atoms with van der Waals surface area (Å²) in [6.45, 7) is 2.44. The van der Waals surface area contributed by atoms with E-state index in [-0.39, 0.29) is 6.42 Å². The highest BCUT2D eigenvalue weighted by Gasteiger charge is 2.51. The summed E-state index contributed by atoms with van der Waals surface area (Å²) in [6, 6.07) is 11.7. The van der Waals surface area contributed by atoms with Gasteiger partial charge in [-0.05, 0) is 54.3 Å². The van der Waals surface area contributed by atoms with Crippen molar-refractivity contribution in [2.75, 3.05) is 13.2 Å². The fourth-order valence-corrected chi connectivity index (χ4v) is 4.30. The van der Waals surface area contributed by atoms with Crippen LogP contribution in [0.1, 0.15) is 35.6 Å². The van der Waals surface area contributed by atoms with Crippen molar-refractivity contribution in [3.05, 3.63) is 63.7 Å². The van der Waals surface area contributed by atoms with E-state index in [9.17, 15) is 15.3 Å². The molecular formula is C22H25ClO6. The molecule has 0 radical (unpaired) electrons. The van der Waals surface area contributed by atoms with Gasteiger partial charge in [-0.15, -0.1) is 0 Å². The van der Waals surface area contributed by atoms with E-state index in [4.69, 9.17) is 25.8 Å². The maximum Gasteiger partial charge on any atom is 0.198 e. The zero-order valence-electron chi connectivity index (χ0n) is 16.2. The SMILES string of the molecule is CCOc1ccc(Cc2cc3c(cc2Cl)CO[C@@]32C[C@@H](O)[C@H](O)[C@@H](CO)O2)cc1. The quantitative estimate of drug-likeness (QED) is 0.688. The molecule has 0 bridgehead atoms. The fourth-order valence-electron chi connectivity index (χ4n) is 4.05. The molecule has 0 aromatic heterocycles. The number of aliphatic hydroxyl groups excluding tert-OH is 3. The molecule has 1 fully saturated rings. The van der Waals surface area contributed by atoms with Gasteiger partial charge in [-0.3, -0.25) is 0 Å². The maximum absolute atomic E-state index is 10.3. The molecule has 1 spiro atoms. The summed E-state index contributed by atoms with van der Waals surface area (Å²) in [6.07, 6.45) is -2.44. The van der Waals surface area contributed by atoms with Crippen LogP contribution in [-0.2, 0) is 28.3 Å². The molecule has 2 aliphatic rings. The van der Waals surface area contributed by atoms with Crippen LogP contribution < -0.4 is 4.74 Å². The highest BCUT2D eigenvalue weighted by molar-refractivity contribution is 6.31. The minimum Gasteiger partial charge on any atom is -0.494 e. The standard InChI is InChI=1S/C22H25ClO6/c1-2-27-16-5-3-13(4-6-16)7-14-8-17-15(9-18(14)23)12-28-22(17)10-19(25)21(26)20(11-24)29-22/h3-6,8-9,19-21,24-26H,2,7,10-12H2,1H3/t19-,20-,21+,22-/m1/s1. The molecule has 0 unspecified atom stereocenters. The zero-order valence-corrected chi connectivity index (χ0v) is 16.9. The van der Waals surface area contributed by atoms with Crippen molar-refractivity contribution in [1.29, 1.82) is 0 Å². The molecule has 2 aromatic rings. The first-order valence-corrected chi connectivity index (χ1v) is 10.2. The van der Waals surface area contributed by atoms with E-state index in [1.54, 1.807) is 0 Å². The summed E-state index contributed by atoms with van der Waals surface area (Å²) in [5.74, 6) is -0.374. The predicted molar refractivity (Wildman–Crippen MR) is 107 cm³/mol. The maximum atomic E-state index is 10.3. The smallest absolute Gasteiger partial charge is 0.198 e. The lowest BCUT2D eigenvalue weighted by molar-refractivity contribution is -0.326. The van der Waals surface area contributed by atoms with Crippen molar-refractivity contribution in [3.63, 3.8) is 0 Å². The van der Waals surface area contributed by atoms with Crippen molar-refractivity contribution in [2.45, 2.75) is 50.5 Å². The molecule has 2 aliphatic heterocycles. The van der Waals surface area contributed by atoms with Crippen LogP contribution >= 0.6 is 11.6 Å². The van der Waals surface area contributed by atoms with Gasteiger partial charge >= 0.3 is 0 Å². The largest absolute Gasteiger partial charge is 0.494 e. The second-order valence-electron chi connectivity index (χ2n) is 7.50. The summed E-state index contributed by atoms with van der Waals surface area (Å²) in [4.78, 5) is 0. The van der Waals surface area contributed by atoms with E-state index >= 15 is 0 Å². The lowest BCUT2D eigenvalue weighted by Crippen LogP contribution is -2.54. The van der Waals surface area contributed by atoms with Crippen LogP contribution in [0, 0.1) is 0 Å². The lowest BCUT2D eigenvalue weighted by Gasteiger charge is -2.42. The fraction of sp³-hybridized carbons (Fsp3) is 0.455. The van der Waals surface area contributed by atoms with E-state index in [1.165, 1.54) is 0 Å². The Morgan fingerprint density at radius 1 is 1.21 bits per heavy atom. The third-order valence-electron chi connectivity index (χ3n) is 5.55. The first-order chi connectivity index (χ1) is 14.0. The molecule has 0 amide bonds. The van der Waals surface area contributed by atoms with Gasteiger partial charge in [0.25, 0.3) is 0 Å². The van der Waals surface area contributed by atoms with E-state index in [0.717, 1.165) is 28.0 Å². The highest BCUT2D eigenvalue weighted by Crippen LogP contribution is 2.47. The molecule has 4 rings (SSSR count). The summed E-state index contributed by atoms with van der Waals surface area (Å²) >= 11 is 6.52. The molecule has 0 saturated carbocycles. The number of hydrogen-bond donors (Lipinski definition) is 3. The van der Waals surface area contributed by atoms with Crippen molar-refractivity contribution in [3.8, 4) is 5.75 Å². The van der Waals surface area contributed by atoms with Crippen LogP contribution in [-0.4, -0.2) is 46.8 Å². The Morgan fingerprint density at radius 3 is 2.66 bits per heavy atom. The van der Waals surface area contributed by atoms with Gasteiger partial charge in [0.1, 0.15) is 18.0 Å². The molecule has 1 saturated heterocycles. The average Bonchev–Trinajstić information content (AvgIpc) is 3.03. The highest BCUT2D eigenvalue weighted by atomic mass is 35.5. The number of benzene rings is 2. The number of hydrogen-bond acceptors (Lipinski definition) is 6. The first-order valence-electron chi connectivity index (χ1n) is 9.78. The normalized spacial score (nSPS) is 28.5. The summed E-state index contributed by atoms with van der Waals surface area (Å²) in [7, 11) is 0. The summed E-state index contributed by atoms with van der Waals surface area (Å²) < 4.78 is 17.4. The van der Waals surface area contributed by atoms with E-state index < -0.39 is 30.7 Å². The van der Waals surface area contributed by atoms with Crippen LogP contribution in [0.15, 0.2) is 36.4 Å². The van der Waals surface area contributed by atoms with Gasteiger partial charge in [-0.2, -0.15) is 0 Å². The Kier molecular flexibility index (Phi) is 5.84. The van der Waals surface area contributed by atoms with Gasteiger partial charge in [0, 0.05) is 17.0 Å². The van der Waals surface area contributed by atoms with Crippen LogP contribution in [0.3, 0.4) is 0 Å². The number of halogens is 1. The van der Waals surface area contributed by atoms with E-state index in [2.05, 4.69) is 0 Å². The minimum atomic E-state index is -1.19. The Morgan fingerprint density at radius 2 is 1.97 bits per heavy atom. The molecule has 29 heavy (non-hydrogen) atoms. The van der Waals surface area contributed by atoms with Gasteiger partial charge in [-0.1, -0.05) is 23.7 Å². The van der Waals surface area contributed by atoms with Crippen molar-refractivity contribution >= 4 is 11.6 Å². The van der Waals surface area contributed by atoms with Gasteiger partial charge in [-0.25, -0.2) is 0 Å². The lowest BCUT2D eigenvalue weighted by atomic mass is 9.88. The first kappa shape index (κ1) is 20.6. The summed E-state index contributed by atoms with van der Waals surface area (Å²) in [5.41, 5.74) is 3.65. The Bertz CT molecular complexity index is 870. The molecule has 0 aliphatic carbocycles. The van der Waals surface area contributed by atoms with Gasteiger partial charge in [0.05, 0.1) is 25.9 Å². The zero-order chi connectivity index (χ0) is 20.6. The van der Waals surface area contributed by atoms with Crippen molar-refractivity contribution in [2.24, 2.45) is 0 Å².